The summed E-state index contributed by atoms with van der Waals surface area (Å²) in [6.45, 7) is 7.37. The zero-order valence-corrected chi connectivity index (χ0v) is 25.1. The fourth-order valence-electron chi connectivity index (χ4n) is 4.70. The van der Waals surface area contributed by atoms with Gasteiger partial charge in [-0.2, -0.15) is 0 Å². The lowest BCUT2D eigenvalue weighted by molar-refractivity contribution is -0.140. The Kier molecular flexibility index (Phi) is 18.8. The Morgan fingerprint density at radius 1 is 0.769 bits per heavy atom. The third-order valence-electron chi connectivity index (χ3n) is 7.67. The van der Waals surface area contributed by atoms with Crippen molar-refractivity contribution < 1.29 is 24.6 Å². The summed E-state index contributed by atoms with van der Waals surface area (Å²) in [6.07, 6.45) is 20.2. The van der Waals surface area contributed by atoms with Crippen molar-refractivity contribution in [2.45, 2.75) is 123 Å². The largest absolute Gasteiger partial charge is 0.396 e. The molecule has 3 amide bonds. The molecule has 226 valence electrons. The molecule has 1 atom stereocenters. The first-order chi connectivity index (χ1) is 18.7. The number of aliphatic hydroxyl groups excluding tert-OH is 2. The molecule has 1 saturated heterocycles. The van der Waals surface area contributed by atoms with E-state index in [4.69, 9.17) is 0 Å². The molecule has 0 aromatic carbocycles. The summed E-state index contributed by atoms with van der Waals surface area (Å²) in [4.78, 5) is 40.6. The average Bonchev–Trinajstić information content (AvgIpc) is 2.94. The molecular formula is C31H57N3O5. The fourth-order valence-corrected chi connectivity index (χ4v) is 4.70. The number of nitrogens with zero attached hydrogens (tertiary/aromatic N) is 2. The van der Waals surface area contributed by atoms with Gasteiger partial charge in [0.1, 0.15) is 6.10 Å². The van der Waals surface area contributed by atoms with E-state index in [-0.39, 0.29) is 31.4 Å². The van der Waals surface area contributed by atoms with Crippen molar-refractivity contribution in [2.24, 2.45) is 5.41 Å². The summed E-state index contributed by atoms with van der Waals surface area (Å²) in [5.74, 6) is -0.490. The number of allylic oxidation sites excluding steroid dienone is 2. The third-order valence-corrected chi connectivity index (χ3v) is 7.67. The highest BCUT2D eigenvalue weighted by molar-refractivity contribution is 5.82. The summed E-state index contributed by atoms with van der Waals surface area (Å²) in [7, 11) is 0. The smallest absolute Gasteiger partial charge is 0.249 e. The highest BCUT2D eigenvalue weighted by atomic mass is 16.3. The zero-order valence-electron chi connectivity index (χ0n) is 25.1. The number of hydrogen-bond donors (Lipinski definition) is 3. The molecule has 0 saturated carbocycles. The standard InChI is InChI=1S/C31H57N3O5/c1-4-5-6-7-8-9-10-11-12-13-14-15-16-17-18-19-27(36)33-22-24-34(25-23-33)28(37)20-21-32-30(39)29(38)31(2,3)26-35/h11-12,29,35,38H,4-10,13-26H2,1-3H3,(H,32,39)/b12-11-. The van der Waals surface area contributed by atoms with E-state index in [1.165, 1.54) is 64.2 Å². The fraction of sp³-hybridized carbons (Fsp3) is 0.839. The molecule has 0 aromatic rings. The second kappa shape index (κ2) is 20.9. The van der Waals surface area contributed by atoms with E-state index in [0.29, 0.717) is 32.6 Å². The van der Waals surface area contributed by atoms with Crippen molar-refractivity contribution in [3.8, 4) is 0 Å². The number of hydrogen-bond acceptors (Lipinski definition) is 5. The number of carbonyl (C=O) groups excluding carboxylic acids is 3. The van der Waals surface area contributed by atoms with Crippen molar-refractivity contribution in [1.29, 1.82) is 0 Å². The summed E-state index contributed by atoms with van der Waals surface area (Å²) in [6, 6.07) is 0. The van der Waals surface area contributed by atoms with Crippen LogP contribution in [0.2, 0.25) is 0 Å². The highest BCUT2D eigenvalue weighted by Crippen LogP contribution is 2.19. The Labute approximate surface area is 237 Å². The van der Waals surface area contributed by atoms with Crippen LogP contribution in [0, 0.1) is 5.41 Å². The van der Waals surface area contributed by atoms with Crippen LogP contribution in [0.15, 0.2) is 12.2 Å². The van der Waals surface area contributed by atoms with E-state index in [0.717, 1.165) is 19.3 Å². The van der Waals surface area contributed by atoms with E-state index in [1.807, 2.05) is 4.90 Å². The van der Waals surface area contributed by atoms with Gasteiger partial charge in [0.05, 0.1) is 6.61 Å². The van der Waals surface area contributed by atoms with E-state index in [1.54, 1.807) is 18.7 Å². The molecule has 8 heteroatoms. The lowest BCUT2D eigenvalue weighted by Gasteiger charge is -2.35. The molecule has 1 rings (SSSR count). The van der Waals surface area contributed by atoms with Crippen LogP contribution in [0.3, 0.4) is 0 Å². The molecule has 1 unspecified atom stereocenters. The van der Waals surface area contributed by atoms with Gasteiger partial charge in [-0.3, -0.25) is 14.4 Å². The van der Waals surface area contributed by atoms with Crippen molar-refractivity contribution in [1.82, 2.24) is 15.1 Å². The van der Waals surface area contributed by atoms with Crippen molar-refractivity contribution in [3.63, 3.8) is 0 Å². The van der Waals surface area contributed by atoms with Gasteiger partial charge in [-0.1, -0.05) is 84.3 Å². The molecule has 8 nitrogen and oxygen atoms in total. The predicted octanol–water partition coefficient (Wildman–Crippen LogP) is 4.58. The Balaban J connectivity index is 2.05. The number of nitrogens with one attached hydrogen (secondary N) is 1. The quantitative estimate of drug-likeness (QED) is 0.143. The minimum absolute atomic E-state index is 0.0736. The Hall–Kier alpha value is -1.93. The molecular weight excluding hydrogens is 494 g/mol. The maximum Gasteiger partial charge on any atom is 0.249 e. The first-order valence-corrected chi connectivity index (χ1v) is 15.5. The number of amides is 3. The number of carbonyl (C=O) groups is 3. The van der Waals surface area contributed by atoms with E-state index in [2.05, 4.69) is 24.4 Å². The van der Waals surface area contributed by atoms with Crippen LogP contribution in [0.1, 0.15) is 117 Å². The summed E-state index contributed by atoms with van der Waals surface area (Å²) in [5, 5.41) is 21.9. The van der Waals surface area contributed by atoms with Crippen molar-refractivity contribution in [2.75, 3.05) is 39.3 Å². The molecule has 39 heavy (non-hydrogen) atoms. The molecule has 0 aromatic heterocycles. The van der Waals surface area contributed by atoms with Crippen LogP contribution < -0.4 is 5.32 Å². The van der Waals surface area contributed by atoms with Gasteiger partial charge in [0.2, 0.25) is 17.7 Å². The Bertz CT molecular complexity index is 717. The lowest BCUT2D eigenvalue weighted by atomic mass is 9.87. The number of piperazine rings is 1. The van der Waals surface area contributed by atoms with Crippen molar-refractivity contribution >= 4 is 17.7 Å². The van der Waals surface area contributed by atoms with Crippen LogP contribution in [0.25, 0.3) is 0 Å². The zero-order chi connectivity index (χ0) is 28.9. The molecule has 3 N–H and O–H groups in total. The summed E-state index contributed by atoms with van der Waals surface area (Å²) >= 11 is 0. The first-order valence-electron chi connectivity index (χ1n) is 15.5. The van der Waals surface area contributed by atoms with Gasteiger partial charge in [-0.05, 0) is 32.1 Å². The monoisotopic (exact) mass is 551 g/mol. The molecule has 1 fully saturated rings. The lowest BCUT2D eigenvalue weighted by Crippen LogP contribution is -2.51. The first kappa shape index (κ1) is 35.1. The number of rotatable bonds is 21. The predicted molar refractivity (Wildman–Crippen MR) is 157 cm³/mol. The maximum atomic E-state index is 12.5. The molecule has 1 aliphatic rings. The SMILES string of the molecule is CCCCCCCC/C=C\CCCCCCCC(=O)N1CCN(C(=O)CCNC(=O)C(O)C(C)(C)CO)CC1. The molecule has 0 spiro atoms. The van der Waals surface area contributed by atoms with Crippen LogP contribution in [0.5, 0.6) is 0 Å². The maximum absolute atomic E-state index is 12.5. The van der Waals surface area contributed by atoms with Gasteiger partial charge >= 0.3 is 0 Å². The number of unbranched alkanes of at least 4 members (excludes halogenated alkanes) is 11. The molecule has 1 heterocycles. The van der Waals surface area contributed by atoms with Gasteiger partial charge < -0.3 is 25.3 Å². The minimum atomic E-state index is -1.34. The third kappa shape index (κ3) is 15.4. The average molecular weight is 552 g/mol. The van der Waals surface area contributed by atoms with Gasteiger partial charge in [-0.25, -0.2) is 0 Å². The molecule has 0 aliphatic carbocycles. The second-order valence-electron chi connectivity index (χ2n) is 11.7. The van der Waals surface area contributed by atoms with Crippen LogP contribution in [-0.4, -0.2) is 83.2 Å². The number of aliphatic hydroxyl groups is 2. The van der Waals surface area contributed by atoms with Gasteiger partial charge in [0, 0.05) is 51.0 Å². The van der Waals surface area contributed by atoms with Crippen LogP contribution in [0.4, 0.5) is 0 Å². The minimum Gasteiger partial charge on any atom is -0.396 e. The van der Waals surface area contributed by atoms with E-state index in [9.17, 15) is 24.6 Å². The van der Waals surface area contributed by atoms with Crippen LogP contribution in [-0.2, 0) is 14.4 Å². The molecule has 1 aliphatic heterocycles. The van der Waals surface area contributed by atoms with E-state index >= 15 is 0 Å². The Morgan fingerprint density at radius 2 is 1.23 bits per heavy atom. The highest BCUT2D eigenvalue weighted by Gasteiger charge is 2.33. The normalized spacial score (nSPS) is 15.1. The van der Waals surface area contributed by atoms with Crippen molar-refractivity contribution in [3.05, 3.63) is 12.2 Å². The Morgan fingerprint density at radius 3 is 1.74 bits per heavy atom. The van der Waals surface area contributed by atoms with Gasteiger partial charge in [-0.15, -0.1) is 0 Å². The van der Waals surface area contributed by atoms with Gasteiger partial charge in [0.15, 0.2) is 0 Å². The van der Waals surface area contributed by atoms with E-state index < -0.39 is 17.4 Å². The summed E-state index contributed by atoms with van der Waals surface area (Å²) < 4.78 is 0. The second-order valence-corrected chi connectivity index (χ2v) is 11.7. The topological polar surface area (TPSA) is 110 Å². The van der Waals surface area contributed by atoms with Gasteiger partial charge in [0.25, 0.3) is 0 Å². The molecule has 0 radical (unpaired) electrons. The molecule has 0 bridgehead atoms. The summed E-state index contributed by atoms with van der Waals surface area (Å²) in [5.41, 5.74) is -0.943. The van der Waals surface area contributed by atoms with Crippen LogP contribution >= 0.6 is 0 Å².